The highest BCUT2D eigenvalue weighted by atomic mass is 35.5. The van der Waals surface area contributed by atoms with E-state index in [4.69, 9.17) is 21.2 Å². The summed E-state index contributed by atoms with van der Waals surface area (Å²) in [5.74, 6) is 1.05. The number of rotatable bonds is 5. The molecule has 1 heterocycles. The fourth-order valence-electron chi connectivity index (χ4n) is 1.37. The number of aliphatic hydroxyl groups is 1. The van der Waals surface area contributed by atoms with Crippen molar-refractivity contribution in [2.75, 3.05) is 12.4 Å². The van der Waals surface area contributed by atoms with Gasteiger partial charge in [0.15, 0.2) is 0 Å². The molecule has 1 aromatic carbocycles. The normalized spacial score (nSPS) is 12.6. The van der Waals surface area contributed by atoms with E-state index in [1.807, 2.05) is 6.07 Å². The third-order valence-electron chi connectivity index (χ3n) is 2.15. The fraction of sp³-hybridized carbons (Fsp3) is 0.273. The molecule has 1 atom stereocenters. The van der Waals surface area contributed by atoms with Crippen LogP contribution in [0, 0.1) is 0 Å². The lowest BCUT2D eigenvalue weighted by Crippen LogP contribution is -2.04. The molecule has 1 aromatic heterocycles. The van der Waals surface area contributed by atoms with Gasteiger partial charge in [0.2, 0.25) is 11.7 Å². The van der Waals surface area contributed by atoms with Crippen LogP contribution < -0.4 is 0 Å². The topological polar surface area (TPSA) is 76.2 Å². The maximum Gasteiger partial charge on any atom is 0.239 e. The summed E-state index contributed by atoms with van der Waals surface area (Å²) in [5, 5.41) is 13.0. The molecule has 1 N–H and O–H groups in total. The van der Waals surface area contributed by atoms with Crippen LogP contribution >= 0.6 is 11.6 Å². The van der Waals surface area contributed by atoms with Crippen LogP contribution in [0.5, 0.6) is 0 Å². The molecule has 0 aliphatic rings. The fourth-order valence-corrected chi connectivity index (χ4v) is 2.30. The van der Waals surface area contributed by atoms with Crippen molar-refractivity contribution in [2.24, 2.45) is 0 Å². The van der Waals surface area contributed by atoms with E-state index in [1.165, 1.54) is 0 Å². The highest BCUT2D eigenvalue weighted by molar-refractivity contribution is 7.84. The van der Waals surface area contributed by atoms with Gasteiger partial charge >= 0.3 is 0 Å². The van der Waals surface area contributed by atoms with Crippen molar-refractivity contribution in [3.05, 3.63) is 35.2 Å². The van der Waals surface area contributed by atoms with Crippen molar-refractivity contribution in [3.8, 4) is 11.4 Å². The predicted molar refractivity (Wildman–Crippen MR) is 68.5 cm³/mol. The van der Waals surface area contributed by atoms with Gasteiger partial charge in [-0.1, -0.05) is 28.9 Å². The van der Waals surface area contributed by atoms with E-state index in [0.717, 1.165) is 5.56 Å². The maximum absolute atomic E-state index is 11.4. The molecule has 0 amide bonds. The molecule has 0 aliphatic carbocycles. The van der Waals surface area contributed by atoms with Gasteiger partial charge < -0.3 is 9.63 Å². The van der Waals surface area contributed by atoms with Crippen LogP contribution in [-0.4, -0.2) is 31.8 Å². The number of hydrogen-bond acceptors (Lipinski definition) is 5. The van der Waals surface area contributed by atoms with Crippen LogP contribution in [-0.2, 0) is 16.6 Å². The lowest BCUT2D eigenvalue weighted by atomic mass is 10.2. The third-order valence-corrected chi connectivity index (χ3v) is 3.60. The summed E-state index contributed by atoms with van der Waals surface area (Å²) in [5.41, 5.74) is 0.741. The first kappa shape index (κ1) is 13.2. The van der Waals surface area contributed by atoms with Crippen LogP contribution in [0.3, 0.4) is 0 Å². The smallest absolute Gasteiger partial charge is 0.239 e. The average molecular weight is 287 g/mol. The molecule has 0 bridgehead atoms. The number of hydrogen-bond donors (Lipinski definition) is 1. The summed E-state index contributed by atoms with van der Waals surface area (Å²) in [6.45, 7) is -0.123. The van der Waals surface area contributed by atoms with Crippen LogP contribution in [0.1, 0.15) is 5.89 Å². The molecule has 0 fully saturated rings. The first-order chi connectivity index (χ1) is 8.69. The van der Waals surface area contributed by atoms with Gasteiger partial charge in [0, 0.05) is 27.1 Å². The standard InChI is InChI=1S/C11H11ClN2O3S/c12-9-3-1-2-8(6-9)11-13-10(17-14-11)7-18(16)5-4-15/h1-3,6,15H,4-5,7H2. The van der Waals surface area contributed by atoms with Crippen molar-refractivity contribution in [1.82, 2.24) is 10.1 Å². The number of nitrogens with zero attached hydrogens (tertiary/aromatic N) is 2. The Hall–Kier alpha value is -1.24. The molecule has 7 heteroatoms. The van der Waals surface area contributed by atoms with E-state index < -0.39 is 10.8 Å². The van der Waals surface area contributed by atoms with Crippen molar-refractivity contribution in [3.63, 3.8) is 0 Å². The molecule has 0 radical (unpaired) electrons. The van der Waals surface area contributed by atoms with Crippen LogP contribution in [0.2, 0.25) is 5.02 Å². The highest BCUT2D eigenvalue weighted by Crippen LogP contribution is 2.20. The summed E-state index contributed by atoms with van der Waals surface area (Å²) < 4.78 is 16.4. The minimum absolute atomic E-state index is 0.123. The van der Waals surface area contributed by atoms with E-state index in [1.54, 1.807) is 18.2 Å². The molecular weight excluding hydrogens is 276 g/mol. The first-order valence-corrected chi connectivity index (χ1v) is 7.10. The quantitative estimate of drug-likeness (QED) is 0.904. The van der Waals surface area contributed by atoms with Gasteiger partial charge in [0.25, 0.3) is 0 Å². The van der Waals surface area contributed by atoms with Gasteiger partial charge in [-0.15, -0.1) is 0 Å². The third kappa shape index (κ3) is 3.38. The number of aliphatic hydroxyl groups excluding tert-OH is 1. The van der Waals surface area contributed by atoms with E-state index in [9.17, 15) is 4.21 Å². The molecule has 2 aromatic rings. The molecule has 0 spiro atoms. The average Bonchev–Trinajstić information content (AvgIpc) is 2.78. The molecule has 5 nitrogen and oxygen atoms in total. The Morgan fingerprint density at radius 2 is 2.28 bits per heavy atom. The number of benzene rings is 1. The molecule has 0 saturated heterocycles. The molecular formula is C11H11ClN2O3S. The zero-order chi connectivity index (χ0) is 13.0. The van der Waals surface area contributed by atoms with E-state index in [2.05, 4.69) is 10.1 Å². The van der Waals surface area contributed by atoms with Gasteiger partial charge in [-0.3, -0.25) is 4.21 Å². The van der Waals surface area contributed by atoms with Crippen LogP contribution in [0.15, 0.2) is 28.8 Å². The second-order valence-corrected chi connectivity index (χ2v) is 5.55. The summed E-state index contributed by atoms with van der Waals surface area (Å²) in [7, 11) is -1.19. The van der Waals surface area contributed by atoms with Gasteiger partial charge in [0.1, 0.15) is 5.75 Å². The Kier molecular flexibility index (Phi) is 4.46. The van der Waals surface area contributed by atoms with E-state index in [0.29, 0.717) is 10.8 Å². The Morgan fingerprint density at radius 1 is 1.44 bits per heavy atom. The minimum Gasteiger partial charge on any atom is -0.395 e. The van der Waals surface area contributed by atoms with Crippen LogP contribution in [0.4, 0.5) is 0 Å². The molecule has 96 valence electrons. The van der Waals surface area contributed by atoms with Crippen LogP contribution in [0.25, 0.3) is 11.4 Å². The molecule has 0 aliphatic heterocycles. The molecule has 1 unspecified atom stereocenters. The lowest BCUT2D eigenvalue weighted by Gasteiger charge is -1.94. The summed E-state index contributed by atoms with van der Waals surface area (Å²) in [6.07, 6.45) is 0. The predicted octanol–water partition coefficient (Wildman–Crippen LogP) is 1.63. The maximum atomic E-state index is 11.4. The summed E-state index contributed by atoms with van der Waals surface area (Å²) >= 11 is 5.86. The first-order valence-electron chi connectivity index (χ1n) is 5.23. The monoisotopic (exact) mass is 286 g/mol. The van der Waals surface area contributed by atoms with E-state index >= 15 is 0 Å². The summed E-state index contributed by atoms with van der Waals surface area (Å²) in [6, 6.07) is 7.08. The highest BCUT2D eigenvalue weighted by Gasteiger charge is 2.11. The minimum atomic E-state index is -1.19. The molecule has 2 rings (SSSR count). The Balaban J connectivity index is 2.13. The summed E-state index contributed by atoms with van der Waals surface area (Å²) in [4.78, 5) is 4.13. The second kappa shape index (κ2) is 6.08. The lowest BCUT2D eigenvalue weighted by molar-refractivity contribution is 0.321. The Labute approximate surface area is 111 Å². The molecule has 0 saturated carbocycles. The zero-order valence-electron chi connectivity index (χ0n) is 9.38. The molecule has 18 heavy (non-hydrogen) atoms. The van der Waals surface area contributed by atoms with Crippen molar-refractivity contribution in [2.45, 2.75) is 5.75 Å². The van der Waals surface area contributed by atoms with Crippen molar-refractivity contribution >= 4 is 22.4 Å². The largest absolute Gasteiger partial charge is 0.395 e. The van der Waals surface area contributed by atoms with Gasteiger partial charge in [-0.2, -0.15) is 4.98 Å². The van der Waals surface area contributed by atoms with Crippen molar-refractivity contribution in [1.29, 1.82) is 0 Å². The van der Waals surface area contributed by atoms with Crippen molar-refractivity contribution < 1.29 is 13.8 Å². The van der Waals surface area contributed by atoms with E-state index in [-0.39, 0.29) is 24.0 Å². The number of aromatic nitrogens is 2. The van der Waals surface area contributed by atoms with Gasteiger partial charge in [0.05, 0.1) is 6.61 Å². The Bertz CT molecular complexity index is 559. The number of halogens is 1. The second-order valence-electron chi connectivity index (χ2n) is 3.53. The SMILES string of the molecule is O=S(CCO)Cc1nc(-c2cccc(Cl)c2)no1. The zero-order valence-corrected chi connectivity index (χ0v) is 10.9. The Morgan fingerprint density at radius 3 is 3.00 bits per heavy atom. The van der Waals surface area contributed by atoms with Gasteiger partial charge in [-0.25, -0.2) is 0 Å². The van der Waals surface area contributed by atoms with Gasteiger partial charge in [-0.05, 0) is 12.1 Å².